The van der Waals surface area contributed by atoms with E-state index in [0.29, 0.717) is 22.9 Å². The summed E-state index contributed by atoms with van der Waals surface area (Å²) in [6, 6.07) is 17.6. The summed E-state index contributed by atoms with van der Waals surface area (Å²) < 4.78 is 84.3. The van der Waals surface area contributed by atoms with Gasteiger partial charge in [-0.1, -0.05) is 66.1 Å². The molecule has 192 valence electrons. The summed E-state index contributed by atoms with van der Waals surface area (Å²) >= 11 is 6.08. The molecule has 0 amide bonds. The van der Waals surface area contributed by atoms with Gasteiger partial charge in [-0.3, -0.25) is 0 Å². The van der Waals surface area contributed by atoms with E-state index in [4.69, 9.17) is 21.2 Å². The second kappa shape index (κ2) is 11.8. The lowest BCUT2D eigenvalue weighted by Gasteiger charge is -2.17. The molecule has 0 aromatic heterocycles. The highest BCUT2D eigenvalue weighted by molar-refractivity contribution is 6.30. The molecule has 10 heteroatoms. The molecule has 0 aliphatic rings. The predicted molar refractivity (Wildman–Crippen MR) is 125 cm³/mol. The summed E-state index contributed by atoms with van der Waals surface area (Å²) in [5.41, 5.74) is -1.04. The van der Waals surface area contributed by atoms with Crippen LogP contribution in [-0.2, 0) is 35.1 Å². The molecule has 0 saturated carbocycles. The zero-order chi connectivity index (χ0) is 26.3. The van der Waals surface area contributed by atoms with Gasteiger partial charge in [-0.15, -0.1) is 0 Å². The van der Waals surface area contributed by atoms with E-state index in [-0.39, 0.29) is 30.8 Å². The van der Waals surface area contributed by atoms with Gasteiger partial charge in [-0.2, -0.15) is 26.3 Å². The van der Waals surface area contributed by atoms with Gasteiger partial charge in [0.15, 0.2) is 0 Å². The molecule has 0 aliphatic heterocycles. The molecule has 0 bridgehead atoms. The Morgan fingerprint density at radius 2 is 1.44 bits per heavy atom. The fourth-order valence-corrected chi connectivity index (χ4v) is 3.54. The monoisotopic (exact) mass is 529 g/mol. The van der Waals surface area contributed by atoms with E-state index in [9.17, 15) is 26.3 Å². The van der Waals surface area contributed by atoms with Crippen molar-refractivity contribution in [1.29, 1.82) is 0 Å². The molecule has 3 aromatic rings. The maximum atomic E-state index is 13.1. The Bertz CT molecular complexity index is 1150. The van der Waals surface area contributed by atoms with E-state index < -0.39 is 30.1 Å². The molecule has 36 heavy (non-hydrogen) atoms. The molecule has 0 spiro atoms. The standard InChI is InChI=1S/C26H22ClF6NO2/c1-17(20-8-5-9-23(27)12-20)24(34-36-15-18-6-3-2-4-7-18)16-35-14-19-10-21(25(28,29)30)13-22(11-19)26(31,32)33/h2-13,17H,14-16H2,1H3/b34-24-. The van der Waals surface area contributed by atoms with Gasteiger partial charge in [-0.25, -0.2) is 0 Å². The van der Waals surface area contributed by atoms with Crippen LogP contribution in [0, 0.1) is 0 Å². The van der Waals surface area contributed by atoms with Crippen LogP contribution in [0.2, 0.25) is 5.02 Å². The van der Waals surface area contributed by atoms with Crippen LogP contribution in [0.5, 0.6) is 0 Å². The number of hydrogen-bond acceptors (Lipinski definition) is 3. The van der Waals surface area contributed by atoms with Crippen molar-refractivity contribution in [3.63, 3.8) is 0 Å². The quantitative estimate of drug-likeness (QED) is 0.159. The van der Waals surface area contributed by atoms with Crippen LogP contribution in [0.25, 0.3) is 0 Å². The van der Waals surface area contributed by atoms with Crippen LogP contribution in [0.1, 0.15) is 40.7 Å². The maximum Gasteiger partial charge on any atom is 0.416 e. The van der Waals surface area contributed by atoms with Crippen LogP contribution in [0.15, 0.2) is 78.0 Å². The van der Waals surface area contributed by atoms with Gasteiger partial charge in [0.1, 0.15) is 6.61 Å². The predicted octanol–water partition coefficient (Wildman–Crippen LogP) is 8.27. The summed E-state index contributed by atoms with van der Waals surface area (Å²) in [6.45, 7) is 1.29. The average molecular weight is 530 g/mol. The molecule has 3 nitrogen and oxygen atoms in total. The number of halogens is 7. The largest absolute Gasteiger partial charge is 0.416 e. The normalized spacial score (nSPS) is 13.5. The third-order valence-corrected chi connectivity index (χ3v) is 5.51. The topological polar surface area (TPSA) is 30.8 Å². The van der Waals surface area contributed by atoms with Gasteiger partial charge in [0, 0.05) is 10.9 Å². The number of benzene rings is 3. The molecule has 0 N–H and O–H groups in total. The number of rotatable bonds is 9. The highest BCUT2D eigenvalue weighted by Gasteiger charge is 2.36. The molecule has 0 radical (unpaired) electrons. The van der Waals surface area contributed by atoms with Gasteiger partial charge in [0.2, 0.25) is 0 Å². The Balaban J connectivity index is 1.78. The third-order valence-electron chi connectivity index (χ3n) is 5.27. The molecule has 3 rings (SSSR count). The van der Waals surface area contributed by atoms with Gasteiger partial charge in [0.25, 0.3) is 0 Å². The van der Waals surface area contributed by atoms with Crippen LogP contribution in [0.3, 0.4) is 0 Å². The highest BCUT2D eigenvalue weighted by atomic mass is 35.5. The average Bonchev–Trinajstić information content (AvgIpc) is 2.82. The summed E-state index contributed by atoms with van der Waals surface area (Å²) in [4.78, 5) is 5.46. The van der Waals surface area contributed by atoms with Crippen molar-refractivity contribution in [2.45, 2.75) is 38.4 Å². The van der Waals surface area contributed by atoms with Crippen LogP contribution in [0.4, 0.5) is 26.3 Å². The molecule has 3 aromatic carbocycles. The third kappa shape index (κ3) is 7.99. The molecular formula is C26H22ClF6NO2. The first kappa shape index (κ1) is 27.5. The second-order valence-corrected chi connectivity index (χ2v) is 8.46. The Morgan fingerprint density at radius 1 is 0.806 bits per heavy atom. The molecule has 0 fully saturated rings. The minimum Gasteiger partial charge on any atom is -0.391 e. The summed E-state index contributed by atoms with van der Waals surface area (Å²) in [5, 5.41) is 4.65. The minimum atomic E-state index is -4.94. The minimum absolute atomic E-state index is 0.0784. The van der Waals surface area contributed by atoms with Crippen molar-refractivity contribution < 1.29 is 35.9 Å². The van der Waals surface area contributed by atoms with Gasteiger partial charge in [0.05, 0.1) is 30.1 Å². The van der Waals surface area contributed by atoms with Crippen molar-refractivity contribution in [3.8, 4) is 0 Å². The summed E-state index contributed by atoms with van der Waals surface area (Å²) in [5.74, 6) is -0.355. The zero-order valence-corrected chi connectivity index (χ0v) is 19.8. The Kier molecular flexibility index (Phi) is 9.03. The van der Waals surface area contributed by atoms with Crippen molar-refractivity contribution in [1.82, 2.24) is 0 Å². The number of nitrogens with zero attached hydrogens (tertiary/aromatic N) is 1. The smallest absolute Gasteiger partial charge is 0.391 e. The van der Waals surface area contributed by atoms with Crippen molar-refractivity contribution >= 4 is 17.3 Å². The van der Waals surface area contributed by atoms with Gasteiger partial charge < -0.3 is 9.57 Å². The first-order valence-corrected chi connectivity index (χ1v) is 11.2. The highest BCUT2D eigenvalue weighted by Crippen LogP contribution is 2.36. The summed E-state index contributed by atoms with van der Waals surface area (Å²) in [6.07, 6.45) is -9.87. The Hall–Kier alpha value is -3.04. The SMILES string of the molecule is CC(/C(COCc1cc(C(F)(F)F)cc(C(F)(F)F)c1)=N\OCc1ccccc1)c1cccc(Cl)c1. The van der Waals surface area contributed by atoms with E-state index in [2.05, 4.69) is 5.16 Å². The van der Waals surface area contributed by atoms with Crippen molar-refractivity contribution in [2.75, 3.05) is 6.61 Å². The second-order valence-electron chi connectivity index (χ2n) is 8.03. The summed E-state index contributed by atoms with van der Waals surface area (Å²) in [7, 11) is 0. The lowest BCUT2D eigenvalue weighted by molar-refractivity contribution is -0.143. The number of hydrogen-bond donors (Lipinski definition) is 0. The molecule has 1 atom stereocenters. The Morgan fingerprint density at radius 3 is 2.03 bits per heavy atom. The lowest BCUT2D eigenvalue weighted by atomic mass is 9.96. The zero-order valence-electron chi connectivity index (χ0n) is 19.0. The fourth-order valence-electron chi connectivity index (χ4n) is 3.34. The van der Waals surface area contributed by atoms with Crippen molar-refractivity contribution in [3.05, 3.63) is 106 Å². The molecule has 1 unspecified atom stereocenters. The van der Waals surface area contributed by atoms with Crippen LogP contribution < -0.4 is 0 Å². The first-order valence-electron chi connectivity index (χ1n) is 10.8. The van der Waals surface area contributed by atoms with Crippen molar-refractivity contribution in [2.24, 2.45) is 5.16 Å². The Labute approximate surface area is 209 Å². The van der Waals surface area contributed by atoms with Crippen LogP contribution >= 0.6 is 11.6 Å². The molecule has 0 saturated heterocycles. The van der Waals surface area contributed by atoms with Gasteiger partial charge in [-0.05, 0) is 47.0 Å². The number of ether oxygens (including phenoxy) is 1. The number of alkyl halides is 6. The molecular weight excluding hydrogens is 508 g/mol. The maximum absolute atomic E-state index is 13.1. The van der Waals surface area contributed by atoms with E-state index in [0.717, 1.165) is 11.1 Å². The molecule has 0 heterocycles. The fraction of sp³-hybridized carbons (Fsp3) is 0.269. The first-order chi connectivity index (χ1) is 16.9. The van der Waals surface area contributed by atoms with E-state index >= 15 is 0 Å². The van der Waals surface area contributed by atoms with E-state index in [1.807, 2.05) is 43.3 Å². The van der Waals surface area contributed by atoms with E-state index in [1.165, 1.54) is 0 Å². The lowest BCUT2D eigenvalue weighted by Crippen LogP contribution is -2.18. The number of oxime groups is 1. The van der Waals surface area contributed by atoms with Gasteiger partial charge >= 0.3 is 12.4 Å². The van der Waals surface area contributed by atoms with Crippen LogP contribution in [-0.4, -0.2) is 12.3 Å². The van der Waals surface area contributed by atoms with E-state index in [1.54, 1.807) is 18.2 Å². The molecule has 0 aliphatic carbocycles.